The number of nitrogen functional groups attached to an aromatic ring is 1. The highest BCUT2D eigenvalue weighted by atomic mass is 35.5. The van der Waals surface area contributed by atoms with Crippen LogP contribution in [-0.2, 0) is 13.2 Å². The summed E-state index contributed by atoms with van der Waals surface area (Å²) in [6, 6.07) is 10.0. The standard InChI is InChI=1S/C17H13ClF3N5O/c1-26-12(8-13(25-26)17(19,20)21)11-6-7-14(23-15(11)22)24-16(27)9-2-4-10(18)5-3-9/h2-8H,1H3,(H3,22,23,24,27). The number of alkyl halides is 3. The molecule has 3 aromatic rings. The first kappa shape index (κ1) is 18.7. The van der Waals surface area contributed by atoms with Crippen LogP contribution in [0.2, 0.25) is 5.02 Å². The molecule has 0 radical (unpaired) electrons. The van der Waals surface area contributed by atoms with Crippen LogP contribution >= 0.6 is 11.6 Å². The molecule has 0 aliphatic carbocycles. The third-order valence-electron chi connectivity index (χ3n) is 3.72. The summed E-state index contributed by atoms with van der Waals surface area (Å²) in [5.74, 6) is -0.304. The van der Waals surface area contributed by atoms with E-state index >= 15 is 0 Å². The van der Waals surface area contributed by atoms with Gasteiger partial charge in [-0.2, -0.15) is 18.3 Å². The molecule has 1 amide bonds. The average Bonchev–Trinajstić information content (AvgIpc) is 2.97. The fraction of sp³-hybridized carbons (Fsp3) is 0.118. The van der Waals surface area contributed by atoms with Gasteiger partial charge in [-0.1, -0.05) is 11.6 Å². The van der Waals surface area contributed by atoms with Crippen LogP contribution in [0.3, 0.4) is 0 Å². The van der Waals surface area contributed by atoms with Gasteiger partial charge in [0.2, 0.25) is 0 Å². The van der Waals surface area contributed by atoms with E-state index in [1.54, 1.807) is 24.3 Å². The fourth-order valence-corrected chi connectivity index (χ4v) is 2.53. The van der Waals surface area contributed by atoms with Crippen LogP contribution in [0, 0.1) is 0 Å². The van der Waals surface area contributed by atoms with Crippen molar-refractivity contribution in [1.82, 2.24) is 14.8 Å². The van der Waals surface area contributed by atoms with Crippen LogP contribution in [0.5, 0.6) is 0 Å². The number of halogens is 4. The number of nitrogens with zero attached hydrogens (tertiary/aromatic N) is 3. The number of pyridine rings is 1. The van der Waals surface area contributed by atoms with Crippen molar-refractivity contribution in [2.75, 3.05) is 11.1 Å². The first-order valence-corrected chi connectivity index (χ1v) is 7.98. The summed E-state index contributed by atoms with van der Waals surface area (Å²) < 4.78 is 39.5. The molecule has 2 heterocycles. The number of aryl methyl sites for hydroxylation is 1. The van der Waals surface area contributed by atoms with E-state index in [0.717, 1.165) is 10.7 Å². The summed E-state index contributed by atoms with van der Waals surface area (Å²) in [4.78, 5) is 16.2. The summed E-state index contributed by atoms with van der Waals surface area (Å²) in [7, 11) is 1.38. The van der Waals surface area contributed by atoms with E-state index in [9.17, 15) is 18.0 Å². The molecule has 0 saturated heterocycles. The minimum atomic E-state index is -4.56. The smallest absolute Gasteiger partial charge is 0.383 e. The van der Waals surface area contributed by atoms with Gasteiger partial charge in [-0.25, -0.2) is 4.98 Å². The summed E-state index contributed by atoms with van der Waals surface area (Å²) >= 11 is 5.78. The van der Waals surface area contributed by atoms with E-state index < -0.39 is 17.8 Å². The molecule has 0 atom stereocenters. The highest BCUT2D eigenvalue weighted by Gasteiger charge is 2.35. The molecular formula is C17H13ClF3N5O. The molecule has 10 heteroatoms. The second kappa shape index (κ2) is 6.92. The molecular weight excluding hydrogens is 383 g/mol. The summed E-state index contributed by atoms with van der Waals surface area (Å²) in [5, 5.41) is 6.50. The van der Waals surface area contributed by atoms with E-state index in [1.165, 1.54) is 19.2 Å². The van der Waals surface area contributed by atoms with Crippen molar-refractivity contribution in [2.45, 2.75) is 6.18 Å². The Kier molecular flexibility index (Phi) is 4.79. The maximum Gasteiger partial charge on any atom is 0.435 e. The molecule has 3 N–H and O–H groups in total. The highest BCUT2D eigenvalue weighted by molar-refractivity contribution is 6.30. The Hall–Kier alpha value is -3.07. The predicted octanol–water partition coefficient (Wildman–Crippen LogP) is 3.99. The third-order valence-corrected chi connectivity index (χ3v) is 3.97. The van der Waals surface area contributed by atoms with Gasteiger partial charge in [0.15, 0.2) is 5.69 Å². The predicted molar refractivity (Wildman–Crippen MR) is 95.3 cm³/mol. The lowest BCUT2D eigenvalue weighted by Crippen LogP contribution is -2.13. The minimum absolute atomic E-state index is 0.0411. The van der Waals surface area contributed by atoms with Gasteiger partial charge >= 0.3 is 6.18 Å². The number of anilines is 2. The van der Waals surface area contributed by atoms with E-state index in [2.05, 4.69) is 15.4 Å². The van der Waals surface area contributed by atoms with Gasteiger partial charge in [0.25, 0.3) is 5.91 Å². The molecule has 0 saturated carbocycles. The quantitative estimate of drug-likeness (QED) is 0.702. The van der Waals surface area contributed by atoms with E-state index in [0.29, 0.717) is 10.6 Å². The Balaban J connectivity index is 1.85. The number of rotatable bonds is 3. The van der Waals surface area contributed by atoms with Crippen LogP contribution in [0.4, 0.5) is 24.8 Å². The third kappa shape index (κ3) is 4.03. The van der Waals surface area contributed by atoms with Gasteiger partial charge in [0.05, 0.1) is 5.69 Å². The van der Waals surface area contributed by atoms with Crippen molar-refractivity contribution in [2.24, 2.45) is 7.05 Å². The number of benzene rings is 1. The van der Waals surface area contributed by atoms with Gasteiger partial charge < -0.3 is 11.1 Å². The van der Waals surface area contributed by atoms with E-state index in [-0.39, 0.29) is 22.9 Å². The maximum atomic E-state index is 12.8. The fourth-order valence-electron chi connectivity index (χ4n) is 2.41. The number of hydrogen-bond donors (Lipinski definition) is 2. The van der Waals surface area contributed by atoms with Gasteiger partial charge in [-0.15, -0.1) is 0 Å². The second-order valence-electron chi connectivity index (χ2n) is 5.63. The van der Waals surface area contributed by atoms with Gasteiger partial charge in [0.1, 0.15) is 11.6 Å². The Bertz CT molecular complexity index is 999. The minimum Gasteiger partial charge on any atom is -0.383 e. The topological polar surface area (TPSA) is 85.8 Å². The normalized spacial score (nSPS) is 11.4. The number of hydrogen-bond acceptors (Lipinski definition) is 4. The van der Waals surface area contributed by atoms with Crippen molar-refractivity contribution < 1.29 is 18.0 Å². The zero-order valence-electron chi connectivity index (χ0n) is 13.9. The highest BCUT2D eigenvalue weighted by Crippen LogP contribution is 2.33. The van der Waals surface area contributed by atoms with Crippen molar-refractivity contribution in [3.8, 4) is 11.3 Å². The summed E-state index contributed by atoms with van der Waals surface area (Å²) in [6.45, 7) is 0. The molecule has 1 aromatic carbocycles. The van der Waals surface area contributed by atoms with Gasteiger partial charge in [-0.05, 0) is 42.5 Å². The lowest BCUT2D eigenvalue weighted by Gasteiger charge is -2.09. The largest absolute Gasteiger partial charge is 0.435 e. The van der Waals surface area contributed by atoms with Crippen LogP contribution < -0.4 is 11.1 Å². The van der Waals surface area contributed by atoms with Crippen LogP contribution in [0.15, 0.2) is 42.5 Å². The number of nitrogens with one attached hydrogen (secondary N) is 1. The molecule has 6 nitrogen and oxygen atoms in total. The van der Waals surface area contributed by atoms with Crippen LogP contribution in [0.1, 0.15) is 16.1 Å². The number of carbonyl (C=O) groups is 1. The SMILES string of the molecule is Cn1nc(C(F)(F)F)cc1-c1ccc(NC(=O)c2ccc(Cl)cc2)nc1N. The van der Waals surface area contributed by atoms with Crippen LogP contribution in [-0.4, -0.2) is 20.7 Å². The monoisotopic (exact) mass is 395 g/mol. The molecule has 2 aromatic heterocycles. The van der Waals surface area contributed by atoms with E-state index in [4.69, 9.17) is 17.3 Å². The first-order valence-electron chi connectivity index (χ1n) is 7.60. The lowest BCUT2D eigenvalue weighted by molar-refractivity contribution is -0.141. The maximum absolute atomic E-state index is 12.8. The van der Waals surface area contributed by atoms with Gasteiger partial charge in [-0.3, -0.25) is 9.48 Å². The summed E-state index contributed by atoms with van der Waals surface area (Å²) in [5.41, 5.74) is 5.63. The molecule has 0 bridgehead atoms. The van der Waals surface area contributed by atoms with Crippen molar-refractivity contribution in [3.63, 3.8) is 0 Å². The first-order chi connectivity index (χ1) is 12.6. The number of nitrogens with two attached hydrogens (primary N) is 1. The molecule has 0 spiro atoms. The number of aromatic nitrogens is 3. The molecule has 0 unspecified atom stereocenters. The molecule has 0 aliphatic rings. The Morgan fingerprint density at radius 3 is 2.41 bits per heavy atom. The van der Waals surface area contributed by atoms with Gasteiger partial charge in [0, 0.05) is 23.2 Å². The zero-order chi connectivity index (χ0) is 19.8. The average molecular weight is 396 g/mol. The van der Waals surface area contributed by atoms with Crippen molar-refractivity contribution in [1.29, 1.82) is 0 Å². The molecule has 140 valence electrons. The number of amides is 1. The molecule has 3 rings (SSSR count). The molecule has 27 heavy (non-hydrogen) atoms. The summed E-state index contributed by atoms with van der Waals surface area (Å²) in [6.07, 6.45) is -4.56. The van der Waals surface area contributed by atoms with E-state index in [1.807, 2.05) is 0 Å². The lowest BCUT2D eigenvalue weighted by atomic mass is 10.1. The van der Waals surface area contributed by atoms with Crippen molar-refractivity contribution in [3.05, 3.63) is 58.7 Å². The second-order valence-corrected chi connectivity index (χ2v) is 6.06. The molecule has 0 fully saturated rings. The zero-order valence-corrected chi connectivity index (χ0v) is 14.6. The Morgan fingerprint density at radius 2 is 1.85 bits per heavy atom. The Morgan fingerprint density at radius 1 is 1.19 bits per heavy atom. The molecule has 0 aliphatic heterocycles. The van der Waals surface area contributed by atoms with Crippen molar-refractivity contribution >= 4 is 29.1 Å². The Labute approximate surface area is 156 Å². The van der Waals surface area contributed by atoms with Crippen LogP contribution in [0.25, 0.3) is 11.3 Å². The number of carbonyl (C=O) groups excluding carboxylic acids is 1.